The Morgan fingerprint density at radius 2 is 1.42 bits per heavy atom. The Morgan fingerprint density at radius 1 is 0.839 bits per heavy atom. The molecule has 3 saturated heterocycles. The molecule has 5 rings (SSSR count). The van der Waals surface area contributed by atoms with Gasteiger partial charge in [0.05, 0.1) is 18.6 Å². The van der Waals surface area contributed by atoms with Gasteiger partial charge in [-0.15, -0.1) is 0 Å². The number of piperazine rings is 1. The smallest absolute Gasteiger partial charge is 0.225 e. The lowest BCUT2D eigenvalue weighted by Gasteiger charge is -2.47. The molecular formula is C26H43N3O2. The van der Waals surface area contributed by atoms with Gasteiger partial charge < -0.3 is 19.9 Å². The van der Waals surface area contributed by atoms with Gasteiger partial charge in [-0.1, -0.05) is 19.4 Å². The van der Waals surface area contributed by atoms with Crippen molar-refractivity contribution >= 4 is 5.91 Å². The van der Waals surface area contributed by atoms with Crippen LogP contribution in [0.15, 0.2) is 12.3 Å². The number of hydrogen-bond acceptors (Lipinski definition) is 4. The van der Waals surface area contributed by atoms with Gasteiger partial charge in [-0.2, -0.15) is 0 Å². The summed E-state index contributed by atoms with van der Waals surface area (Å²) in [4.78, 5) is 17.7. The van der Waals surface area contributed by atoms with E-state index in [1.807, 2.05) is 0 Å². The second-order valence-corrected chi connectivity index (χ2v) is 11.4. The van der Waals surface area contributed by atoms with Crippen molar-refractivity contribution < 1.29 is 9.53 Å². The maximum absolute atomic E-state index is 13.2. The SMILES string of the molecule is C=C(N1CCN(C(=O)C2CCC(C3CCC4CCCCC4N3)CC2)CC1)C1(C)COC1. The van der Waals surface area contributed by atoms with Gasteiger partial charge in [0, 0.05) is 49.9 Å². The summed E-state index contributed by atoms with van der Waals surface area (Å²) in [5, 5.41) is 4.05. The minimum absolute atomic E-state index is 0.107. The molecule has 5 fully saturated rings. The molecule has 3 atom stereocenters. The molecule has 3 unspecified atom stereocenters. The standard InChI is InChI=1S/C26H43N3O2/c1-19(26(2)17-31-18-26)28-13-15-29(16-14-28)25(30)22-9-7-21(8-10-22)24-12-11-20-5-3-4-6-23(20)27-24/h20-24,27H,1,3-18H2,2H3. The highest BCUT2D eigenvalue weighted by atomic mass is 16.5. The van der Waals surface area contributed by atoms with Crippen molar-refractivity contribution in [2.75, 3.05) is 39.4 Å². The highest BCUT2D eigenvalue weighted by Crippen LogP contribution is 2.39. The maximum atomic E-state index is 13.2. The minimum Gasteiger partial charge on any atom is -0.379 e. The van der Waals surface area contributed by atoms with Crippen LogP contribution in [0.3, 0.4) is 0 Å². The topological polar surface area (TPSA) is 44.8 Å². The lowest BCUT2D eigenvalue weighted by atomic mass is 9.71. The number of nitrogens with one attached hydrogen (secondary N) is 1. The van der Waals surface area contributed by atoms with E-state index in [1.165, 1.54) is 57.1 Å². The molecule has 2 aliphatic carbocycles. The molecular weight excluding hydrogens is 386 g/mol. The van der Waals surface area contributed by atoms with Gasteiger partial charge in [-0.05, 0) is 70.1 Å². The number of nitrogens with zero attached hydrogens (tertiary/aromatic N) is 2. The van der Waals surface area contributed by atoms with Crippen LogP contribution in [0.25, 0.3) is 0 Å². The van der Waals surface area contributed by atoms with Gasteiger partial charge in [0.25, 0.3) is 0 Å². The van der Waals surface area contributed by atoms with Crippen molar-refractivity contribution in [2.24, 2.45) is 23.2 Å². The lowest BCUT2D eigenvalue weighted by molar-refractivity contribution is -0.139. The Bertz CT molecular complexity index is 660. The number of piperidine rings is 1. The first-order chi connectivity index (χ1) is 15.0. The van der Waals surface area contributed by atoms with Crippen LogP contribution in [0.2, 0.25) is 0 Å². The molecule has 3 heterocycles. The molecule has 2 saturated carbocycles. The summed E-state index contributed by atoms with van der Waals surface area (Å²) in [6.45, 7) is 11.7. The summed E-state index contributed by atoms with van der Waals surface area (Å²) < 4.78 is 5.41. The molecule has 31 heavy (non-hydrogen) atoms. The van der Waals surface area contributed by atoms with E-state index in [0.717, 1.165) is 70.1 Å². The van der Waals surface area contributed by atoms with Crippen molar-refractivity contribution in [3.05, 3.63) is 12.3 Å². The van der Waals surface area contributed by atoms with E-state index in [0.29, 0.717) is 11.9 Å². The molecule has 5 heteroatoms. The Kier molecular flexibility index (Phi) is 6.35. The van der Waals surface area contributed by atoms with Crippen LogP contribution in [0, 0.1) is 23.2 Å². The summed E-state index contributed by atoms with van der Waals surface area (Å²) in [7, 11) is 0. The number of rotatable bonds is 4. The fraction of sp³-hybridized carbons (Fsp3) is 0.885. The predicted octanol–water partition coefficient (Wildman–Crippen LogP) is 3.80. The fourth-order valence-corrected chi connectivity index (χ4v) is 7.08. The molecule has 5 aliphatic rings. The van der Waals surface area contributed by atoms with Crippen LogP contribution < -0.4 is 5.32 Å². The van der Waals surface area contributed by atoms with Crippen molar-refractivity contribution in [1.29, 1.82) is 0 Å². The van der Waals surface area contributed by atoms with Gasteiger partial charge in [0.15, 0.2) is 0 Å². The van der Waals surface area contributed by atoms with Gasteiger partial charge >= 0.3 is 0 Å². The van der Waals surface area contributed by atoms with Crippen LogP contribution in [0.1, 0.15) is 71.1 Å². The number of amides is 1. The molecule has 0 radical (unpaired) electrons. The zero-order valence-corrected chi connectivity index (χ0v) is 19.6. The van der Waals surface area contributed by atoms with Gasteiger partial charge in [0.2, 0.25) is 5.91 Å². The Balaban J connectivity index is 1.06. The Labute approximate surface area is 188 Å². The van der Waals surface area contributed by atoms with E-state index in [4.69, 9.17) is 4.74 Å². The predicted molar refractivity (Wildman–Crippen MR) is 124 cm³/mol. The number of carbonyl (C=O) groups is 1. The molecule has 5 nitrogen and oxygen atoms in total. The number of hydrogen-bond donors (Lipinski definition) is 1. The van der Waals surface area contributed by atoms with Gasteiger partial charge in [0.1, 0.15) is 0 Å². The van der Waals surface area contributed by atoms with E-state index in [2.05, 4.69) is 28.6 Å². The minimum atomic E-state index is 0.107. The summed E-state index contributed by atoms with van der Waals surface area (Å²) >= 11 is 0. The highest BCUT2D eigenvalue weighted by Gasteiger charge is 2.41. The monoisotopic (exact) mass is 429 g/mol. The zero-order chi connectivity index (χ0) is 21.4. The van der Waals surface area contributed by atoms with Crippen molar-refractivity contribution in [3.63, 3.8) is 0 Å². The third kappa shape index (κ3) is 4.42. The van der Waals surface area contributed by atoms with E-state index in [9.17, 15) is 4.79 Å². The molecule has 3 aliphatic heterocycles. The molecule has 0 bridgehead atoms. The highest BCUT2D eigenvalue weighted by molar-refractivity contribution is 5.79. The molecule has 1 N–H and O–H groups in total. The first kappa shape index (κ1) is 21.8. The van der Waals surface area contributed by atoms with Crippen molar-refractivity contribution in [1.82, 2.24) is 15.1 Å². The molecule has 0 aromatic rings. The Morgan fingerprint density at radius 3 is 2.10 bits per heavy atom. The first-order valence-corrected chi connectivity index (χ1v) is 13.1. The van der Waals surface area contributed by atoms with Gasteiger partial charge in [-0.25, -0.2) is 0 Å². The van der Waals surface area contributed by atoms with Crippen LogP contribution >= 0.6 is 0 Å². The van der Waals surface area contributed by atoms with Crippen LogP contribution in [-0.2, 0) is 9.53 Å². The number of ether oxygens (including phenoxy) is 1. The molecule has 0 aromatic heterocycles. The average Bonchev–Trinajstić information content (AvgIpc) is 2.81. The van der Waals surface area contributed by atoms with E-state index < -0.39 is 0 Å². The zero-order valence-electron chi connectivity index (χ0n) is 19.6. The van der Waals surface area contributed by atoms with E-state index in [1.54, 1.807) is 0 Å². The largest absolute Gasteiger partial charge is 0.379 e. The van der Waals surface area contributed by atoms with Crippen LogP contribution in [0.4, 0.5) is 0 Å². The van der Waals surface area contributed by atoms with Crippen LogP contribution in [-0.4, -0.2) is 67.2 Å². The third-order valence-corrected chi connectivity index (χ3v) is 9.39. The summed E-state index contributed by atoms with van der Waals surface area (Å²) in [5.74, 6) is 2.41. The van der Waals surface area contributed by atoms with Crippen LogP contribution in [0.5, 0.6) is 0 Å². The van der Waals surface area contributed by atoms with Crippen molar-refractivity contribution in [2.45, 2.75) is 83.2 Å². The quantitative estimate of drug-likeness (QED) is 0.738. The summed E-state index contributed by atoms with van der Waals surface area (Å²) in [5.41, 5.74) is 1.31. The first-order valence-electron chi connectivity index (χ1n) is 13.1. The van der Waals surface area contributed by atoms with E-state index >= 15 is 0 Å². The normalized spacial score (nSPS) is 38.2. The molecule has 174 valence electrons. The third-order valence-electron chi connectivity index (χ3n) is 9.39. The van der Waals surface area contributed by atoms with Gasteiger partial charge in [-0.3, -0.25) is 4.79 Å². The molecule has 0 spiro atoms. The number of carbonyl (C=O) groups excluding carboxylic acids is 1. The summed E-state index contributed by atoms with van der Waals surface area (Å²) in [6.07, 6.45) is 13.1. The molecule has 0 aromatic carbocycles. The number of fused-ring (bicyclic) bond motifs is 1. The lowest BCUT2D eigenvalue weighted by Crippen LogP contribution is -2.54. The van der Waals surface area contributed by atoms with Crippen molar-refractivity contribution in [3.8, 4) is 0 Å². The fourth-order valence-electron chi connectivity index (χ4n) is 7.08. The van der Waals surface area contributed by atoms with E-state index in [-0.39, 0.29) is 11.3 Å². The second-order valence-electron chi connectivity index (χ2n) is 11.4. The maximum Gasteiger partial charge on any atom is 0.225 e. The average molecular weight is 430 g/mol. The Hall–Kier alpha value is -1.07. The summed E-state index contributed by atoms with van der Waals surface area (Å²) in [6, 6.07) is 1.49. The molecule has 1 amide bonds. The second kappa shape index (κ2) is 9.05.